The van der Waals surface area contributed by atoms with Gasteiger partial charge in [0.1, 0.15) is 5.82 Å². The number of aromatic nitrogens is 2. The lowest BCUT2D eigenvalue weighted by Gasteiger charge is -2.23. The number of nitrogens with two attached hydrogens (primary N) is 1. The van der Waals surface area contributed by atoms with Gasteiger partial charge in [-0.1, -0.05) is 0 Å². The average Bonchev–Trinajstić information content (AvgIpc) is 2.87. The highest BCUT2D eigenvalue weighted by Gasteiger charge is 2.31. The Morgan fingerprint density at radius 3 is 3.00 bits per heavy atom. The molecule has 2 heterocycles. The Balaban J connectivity index is 2.06. The van der Waals surface area contributed by atoms with E-state index in [-0.39, 0.29) is 6.17 Å². The van der Waals surface area contributed by atoms with Crippen molar-refractivity contribution in [1.82, 2.24) is 9.55 Å². The second kappa shape index (κ2) is 2.58. The van der Waals surface area contributed by atoms with Gasteiger partial charge >= 0.3 is 0 Å². The molecule has 0 bridgehead atoms. The van der Waals surface area contributed by atoms with Gasteiger partial charge < -0.3 is 10.3 Å². The molecular formula is C10H15N3. The van der Waals surface area contributed by atoms with Crippen LogP contribution in [0.2, 0.25) is 0 Å². The summed E-state index contributed by atoms with van der Waals surface area (Å²) in [5.41, 5.74) is 7.43. The van der Waals surface area contributed by atoms with Gasteiger partial charge in [0, 0.05) is 17.8 Å². The second-order valence-electron chi connectivity index (χ2n) is 4.21. The van der Waals surface area contributed by atoms with Crippen LogP contribution in [0, 0.1) is 0 Å². The van der Waals surface area contributed by atoms with Crippen LogP contribution < -0.4 is 5.73 Å². The maximum Gasteiger partial charge on any atom is 0.113 e. The lowest BCUT2D eigenvalue weighted by atomic mass is 10.1. The quantitative estimate of drug-likeness (QED) is 0.707. The number of hydrogen-bond donors (Lipinski definition) is 1. The summed E-state index contributed by atoms with van der Waals surface area (Å²) in [6, 6.07) is 0. The van der Waals surface area contributed by atoms with Crippen LogP contribution in [0.1, 0.15) is 49.3 Å². The molecule has 2 N–H and O–H groups in total. The zero-order chi connectivity index (χ0) is 8.84. The van der Waals surface area contributed by atoms with Gasteiger partial charge in [-0.3, -0.25) is 0 Å². The Bertz CT molecular complexity index is 325. The molecule has 1 fully saturated rings. The molecule has 1 saturated carbocycles. The molecule has 0 saturated heterocycles. The van der Waals surface area contributed by atoms with E-state index in [4.69, 9.17) is 5.73 Å². The largest absolute Gasteiger partial charge is 0.316 e. The fourth-order valence-corrected chi connectivity index (χ4v) is 2.25. The maximum atomic E-state index is 6.08. The van der Waals surface area contributed by atoms with E-state index < -0.39 is 0 Å². The van der Waals surface area contributed by atoms with Gasteiger partial charge in [-0.15, -0.1) is 0 Å². The van der Waals surface area contributed by atoms with Crippen LogP contribution in [0.25, 0.3) is 0 Å². The number of aryl methyl sites for hydroxylation is 1. The van der Waals surface area contributed by atoms with E-state index in [1.54, 1.807) is 0 Å². The van der Waals surface area contributed by atoms with Crippen molar-refractivity contribution in [3.05, 3.63) is 17.7 Å². The van der Waals surface area contributed by atoms with Crippen LogP contribution in [0.15, 0.2) is 6.20 Å². The highest BCUT2D eigenvalue weighted by Crippen LogP contribution is 2.41. The Kier molecular flexibility index (Phi) is 1.50. The summed E-state index contributed by atoms with van der Waals surface area (Å²) in [6.07, 6.45) is 8.33. The first-order chi connectivity index (χ1) is 6.36. The van der Waals surface area contributed by atoms with Crippen molar-refractivity contribution < 1.29 is 0 Å². The molecule has 1 atom stereocenters. The summed E-state index contributed by atoms with van der Waals surface area (Å²) in [6.45, 7) is 0. The molecule has 2 aliphatic rings. The SMILES string of the molecule is NC1CCCc2cnc(C3CC3)n21. The number of imidazole rings is 1. The molecule has 0 radical (unpaired) electrons. The molecule has 3 nitrogen and oxygen atoms in total. The lowest BCUT2D eigenvalue weighted by Crippen LogP contribution is -2.26. The minimum absolute atomic E-state index is 0.196. The number of fused-ring (bicyclic) bond motifs is 1. The predicted octanol–water partition coefficient (Wildman–Crippen LogP) is 1.55. The third-order valence-electron chi connectivity index (χ3n) is 3.11. The highest BCUT2D eigenvalue weighted by molar-refractivity contribution is 5.16. The van der Waals surface area contributed by atoms with Gasteiger partial charge in [-0.25, -0.2) is 4.98 Å². The van der Waals surface area contributed by atoms with Crippen molar-refractivity contribution >= 4 is 0 Å². The van der Waals surface area contributed by atoms with E-state index in [1.165, 1.54) is 30.8 Å². The Labute approximate surface area is 78.0 Å². The fourth-order valence-electron chi connectivity index (χ4n) is 2.25. The maximum absolute atomic E-state index is 6.08. The van der Waals surface area contributed by atoms with Gasteiger partial charge in [0.15, 0.2) is 0 Å². The van der Waals surface area contributed by atoms with Crippen LogP contribution >= 0.6 is 0 Å². The van der Waals surface area contributed by atoms with Gasteiger partial charge in [0.2, 0.25) is 0 Å². The molecule has 0 aromatic carbocycles. The van der Waals surface area contributed by atoms with Gasteiger partial charge in [0.05, 0.1) is 6.17 Å². The molecule has 1 aliphatic heterocycles. The van der Waals surface area contributed by atoms with E-state index in [1.807, 2.05) is 6.20 Å². The van der Waals surface area contributed by atoms with Gasteiger partial charge in [-0.2, -0.15) is 0 Å². The summed E-state index contributed by atoms with van der Waals surface area (Å²) < 4.78 is 2.28. The minimum Gasteiger partial charge on any atom is -0.316 e. The van der Waals surface area contributed by atoms with Crippen molar-refractivity contribution in [3.8, 4) is 0 Å². The second-order valence-corrected chi connectivity index (χ2v) is 4.21. The zero-order valence-corrected chi connectivity index (χ0v) is 7.74. The highest BCUT2D eigenvalue weighted by atomic mass is 15.2. The molecule has 70 valence electrons. The van der Waals surface area contributed by atoms with Crippen LogP contribution in [-0.2, 0) is 6.42 Å². The first kappa shape index (κ1) is 7.56. The van der Waals surface area contributed by atoms with Crippen LogP contribution in [0.4, 0.5) is 0 Å². The molecule has 1 aliphatic carbocycles. The number of hydrogen-bond acceptors (Lipinski definition) is 2. The van der Waals surface area contributed by atoms with E-state index in [9.17, 15) is 0 Å². The normalized spacial score (nSPS) is 27.3. The van der Waals surface area contributed by atoms with Gasteiger partial charge in [-0.05, 0) is 32.1 Å². The van der Waals surface area contributed by atoms with E-state index in [0.29, 0.717) is 0 Å². The Morgan fingerprint density at radius 2 is 2.23 bits per heavy atom. The van der Waals surface area contributed by atoms with E-state index in [0.717, 1.165) is 18.8 Å². The Morgan fingerprint density at radius 1 is 1.38 bits per heavy atom. The molecule has 1 aromatic heterocycles. The third-order valence-corrected chi connectivity index (χ3v) is 3.11. The standard InChI is InChI=1S/C10H15N3/c11-9-3-1-2-8-6-12-10(13(8)9)7-4-5-7/h6-7,9H,1-5,11H2. The summed E-state index contributed by atoms with van der Waals surface area (Å²) in [4.78, 5) is 4.49. The molecule has 1 aromatic rings. The smallest absolute Gasteiger partial charge is 0.113 e. The van der Waals surface area contributed by atoms with Gasteiger partial charge in [0.25, 0.3) is 0 Å². The van der Waals surface area contributed by atoms with Crippen LogP contribution in [0.3, 0.4) is 0 Å². The molecular weight excluding hydrogens is 162 g/mol. The number of rotatable bonds is 1. The third kappa shape index (κ3) is 1.10. The molecule has 0 amide bonds. The van der Waals surface area contributed by atoms with Crippen molar-refractivity contribution in [2.24, 2.45) is 5.73 Å². The summed E-state index contributed by atoms with van der Waals surface area (Å²) in [7, 11) is 0. The monoisotopic (exact) mass is 177 g/mol. The van der Waals surface area contributed by atoms with Crippen molar-refractivity contribution in [1.29, 1.82) is 0 Å². The van der Waals surface area contributed by atoms with Crippen molar-refractivity contribution in [3.63, 3.8) is 0 Å². The zero-order valence-electron chi connectivity index (χ0n) is 7.74. The molecule has 3 rings (SSSR count). The minimum atomic E-state index is 0.196. The summed E-state index contributed by atoms with van der Waals surface area (Å²) in [5, 5.41) is 0. The number of nitrogens with zero attached hydrogens (tertiary/aromatic N) is 2. The van der Waals surface area contributed by atoms with Crippen LogP contribution in [0.5, 0.6) is 0 Å². The molecule has 13 heavy (non-hydrogen) atoms. The summed E-state index contributed by atoms with van der Waals surface area (Å²) >= 11 is 0. The first-order valence-corrected chi connectivity index (χ1v) is 5.18. The van der Waals surface area contributed by atoms with E-state index in [2.05, 4.69) is 9.55 Å². The van der Waals surface area contributed by atoms with Crippen molar-refractivity contribution in [2.75, 3.05) is 0 Å². The topological polar surface area (TPSA) is 43.8 Å². The predicted molar refractivity (Wildman–Crippen MR) is 50.4 cm³/mol. The molecule has 0 spiro atoms. The Hall–Kier alpha value is -0.830. The molecule has 3 heteroatoms. The van der Waals surface area contributed by atoms with Crippen molar-refractivity contribution in [2.45, 2.75) is 44.2 Å². The fraction of sp³-hybridized carbons (Fsp3) is 0.700. The van der Waals surface area contributed by atoms with E-state index >= 15 is 0 Å². The average molecular weight is 177 g/mol. The summed E-state index contributed by atoms with van der Waals surface area (Å²) in [5.74, 6) is 1.97. The molecule has 1 unspecified atom stereocenters. The lowest BCUT2D eigenvalue weighted by molar-refractivity contribution is 0.401. The first-order valence-electron chi connectivity index (χ1n) is 5.18. The van der Waals surface area contributed by atoms with Crippen LogP contribution in [-0.4, -0.2) is 9.55 Å².